The first-order valence-corrected chi connectivity index (χ1v) is 7.78. The molecule has 2 rings (SSSR count). The second-order valence-electron chi connectivity index (χ2n) is 6.02. The van der Waals surface area contributed by atoms with Crippen molar-refractivity contribution in [3.8, 4) is 0 Å². The molecule has 1 aliphatic carbocycles. The number of hydrogen-bond donors (Lipinski definition) is 1. The summed E-state index contributed by atoms with van der Waals surface area (Å²) in [6, 6.07) is 1.56. The average molecular weight is 238 g/mol. The minimum Gasteiger partial charge on any atom is -0.313 e. The van der Waals surface area contributed by atoms with Crippen molar-refractivity contribution < 1.29 is 0 Å². The zero-order valence-corrected chi connectivity index (χ0v) is 11.8. The van der Waals surface area contributed by atoms with E-state index >= 15 is 0 Å². The summed E-state index contributed by atoms with van der Waals surface area (Å²) in [6.07, 6.45) is 10.1. The van der Waals surface area contributed by atoms with Crippen LogP contribution >= 0.6 is 0 Å². The molecule has 0 aromatic carbocycles. The molecule has 2 fully saturated rings. The second kappa shape index (κ2) is 6.75. The lowest BCUT2D eigenvalue weighted by atomic mass is 9.84. The Balaban J connectivity index is 1.82. The van der Waals surface area contributed by atoms with Crippen LogP contribution in [0.15, 0.2) is 0 Å². The van der Waals surface area contributed by atoms with Crippen LogP contribution in [0.3, 0.4) is 0 Å². The third-order valence-electron chi connectivity index (χ3n) is 4.93. The van der Waals surface area contributed by atoms with E-state index < -0.39 is 0 Å². The molecule has 1 saturated heterocycles. The number of likely N-dealkylation sites (N-methyl/N-ethyl adjacent to an activating group) is 1. The number of hydrogen-bond acceptors (Lipinski definition) is 2. The van der Waals surface area contributed by atoms with Gasteiger partial charge < -0.3 is 5.32 Å². The van der Waals surface area contributed by atoms with E-state index in [-0.39, 0.29) is 0 Å². The summed E-state index contributed by atoms with van der Waals surface area (Å²) in [5, 5.41) is 3.64. The normalized spacial score (nSPS) is 28.8. The van der Waals surface area contributed by atoms with Crippen molar-refractivity contribution in [2.45, 2.75) is 70.9 Å². The molecule has 0 amide bonds. The summed E-state index contributed by atoms with van der Waals surface area (Å²) < 4.78 is 0. The Morgan fingerprint density at radius 3 is 2.47 bits per heavy atom. The fourth-order valence-electron chi connectivity index (χ4n) is 3.69. The zero-order chi connectivity index (χ0) is 12.1. The predicted octanol–water partition coefficient (Wildman–Crippen LogP) is 3.03. The summed E-state index contributed by atoms with van der Waals surface area (Å²) in [5.41, 5.74) is 0. The lowest BCUT2D eigenvalue weighted by Crippen LogP contribution is -2.45. The molecular formula is C15H30N2. The third kappa shape index (κ3) is 3.69. The van der Waals surface area contributed by atoms with Crippen LogP contribution in [0.5, 0.6) is 0 Å². The van der Waals surface area contributed by atoms with Crippen LogP contribution in [0.1, 0.15) is 58.8 Å². The van der Waals surface area contributed by atoms with Crippen molar-refractivity contribution in [2.75, 3.05) is 19.6 Å². The van der Waals surface area contributed by atoms with Gasteiger partial charge in [-0.1, -0.05) is 26.2 Å². The highest BCUT2D eigenvalue weighted by Gasteiger charge is 2.26. The first-order valence-electron chi connectivity index (χ1n) is 7.78. The van der Waals surface area contributed by atoms with Crippen LogP contribution in [0.25, 0.3) is 0 Å². The van der Waals surface area contributed by atoms with Crippen LogP contribution in [-0.2, 0) is 0 Å². The fourth-order valence-corrected chi connectivity index (χ4v) is 3.69. The van der Waals surface area contributed by atoms with E-state index in [0.717, 1.165) is 18.0 Å². The molecule has 1 aliphatic heterocycles. The van der Waals surface area contributed by atoms with Crippen molar-refractivity contribution in [1.29, 1.82) is 0 Å². The molecule has 2 aliphatic rings. The first-order chi connectivity index (χ1) is 8.31. The largest absolute Gasteiger partial charge is 0.313 e. The van der Waals surface area contributed by atoms with Gasteiger partial charge in [-0.2, -0.15) is 0 Å². The highest BCUT2D eigenvalue weighted by molar-refractivity contribution is 4.83. The van der Waals surface area contributed by atoms with Crippen molar-refractivity contribution in [2.24, 2.45) is 5.92 Å². The molecular weight excluding hydrogens is 208 g/mol. The summed E-state index contributed by atoms with van der Waals surface area (Å²) in [4.78, 5) is 2.72. The molecule has 0 aromatic heterocycles. The van der Waals surface area contributed by atoms with Gasteiger partial charge in [0.25, 0.3) is 0 Å². The van der Waals surface area contributed by atoms with Crippen LogP contribution in [-0.4, -0.2) is 36.6 Å². The van der Waals surface area contributed by atoms with Gasteiger partial charge >= 0.3 is 0 Å². The average Bonchev–Trinajstić information content (AvgIpc) is 2.89. The molecule has 0 bridgehead atoms. The first kappa shape index (κ1) is 13.4. The van der Waals surface area contributed by atoms with E-state index in [2.05, 4.69) is 24.1 Å². The Morgan fingerprint density at radius 1 is 1.12 bits per heavy atom. The van der Waals surface area contributed by atoms with E-state index in [0.29, 0.717) is 0 Å². The molecule has 2 atom stereocenters. The Kier molecular flexibility index (Phi) is 5.30. The third-order valence-corrected chi connectivity index (χ3v) is 4.93. The van der Waals surface area contributed by atoms with Gasteiger partial charge in [0.2, 0.25) is 0 Å². The van der Waals surface area contributed by atoms with Gasteiger partial charge in [0.1, 0.15) is 0 Å². The summed E-state index contributed by atoms with van der Waals surface area (Å²) in [6.45, 7) is 8.52. The van der Waals surface area contributed by atoms with Gasteiger partial charge in [0.15, 0.2) is 0 Å². The molecule has 0 aromatic rings. The number of nitrogens with zero attached hydrogens (tertiary/aromatic N) is 1. The van der Waals surface area contributed by atoms with Crippen molar-refractivity contribution in [3.05, 3.63) is 0 Å². The standard InChI is InChI=1S/C15H30N2/c1-3-17(12-15-10-7-11-16-15)13(2)14-8-5-4-6-9-14/h13-16H,3-12H2,1-2H3. The minimum absolute atomic E-state index is 0.765. The van der Waals surface area contributed by atoms with Crippen LogP contribution in [0, 0.1) is 5.92 Å². The van der Waals surface area contributed by atoms with E-state index in [1.807, 2.05) is 0 Å². The maximum atomic E-state index is 3.64. The van der Waals surface area contributed by atoms with Crippen LogP contribution in [0.4, 0.5) is 0 Å². The molecule has 1 heterocycles. The molecule has 17 heavy (non-hydrogen) atoms. The molecule has 0 radical (unpaired) electrons. The monoisotopic (exact) mass is 238 g/mol. The number of nitrogens with one attached hydrogen (secondary N) is 1. The fraction of sp³-hybridized carbons (Fsp3) is 1.00. The Morgan fingerprint density at radius 2 is 1.88 bits per heavy atom. The van der Waals surface area contributed by atoms with E-state index in [1.54, 1.807) is 0 Å². The smallest absolute Gasteiger partial charge is 0.0195 e. The van der Waals surface area contributed by atoms with Crippen LogP contribution < -0.4 is 5.32 Å². The lowest BCUT2D eigenvalue weighted by molar-refractivity contribution is 0.126. The van der Waals surface area contributed by atoms with E-state index in [4.69, 9.17) is 0 Å². The van der Waals surface area contributed by atoms with Gasteiger partial charge in [0.05, 0.1) is 0 Å². The van der Waals surface area contributed by atoms with Crippen molar-refractivity contribution in [3.63, 3.8) is 0 Å². The van der Waals surface area contributed by atoms with Gasteiger partial charge in [-0.05, 0) is 51.6 Å². The SMILES string of the molecule is CCN(CC1CCCN1)C(C)C1CCCCC1. The van der Waals surface area contributed by atoms with Gasteiger partial charge in [-0.3, -0.25) is 4.90 Å². The molecule has 2 unspecified atom stereocenters. The summed E-state index contributed by atoms with van der Waals surface area (Å²) >= 11 is 0. The van der Waals surface area contributed by atoms with E-state index in [1.165, 1.54) is 64.6 Å². The molecule has 1 saturated carbocycles. The Labute approximate surface area is 107 Å². The number of rotatable bonds is 5. The van der Waals surface area contributed by atoms with Gasteiger partial charge in [-0.15, -0.1) is 0 Å². The maximum absolute atomic E-state index is 3.64. The van der Waals surface area contributed by atoms with Gasteiger partial charge in [-0.25, -0.2) is 0 Å². The maximum Gasteiger partial charge on any atom is 0.0195 e. The van der Waals surface area contributed by atoms with Gasteiger partial charge in [0, 0.05) is 18.6 Å². The molecule has 100 valence electrons. The highest BCUT2D eigenvalue weighted by Crippen LogP contribution is 2.29. The van der Waals surface area contributed by atoms with E-state index in [9.17, 15) is 0 Å². The second-order valence-corrected chi connectivity index (χ2v) is 6.02. The molecule has 1 N–H and O–H groups in total. The van der Waals surface area contributed by atoms with Crippen molar-refractivity contribution >= 4 is 0 Å². The van der Waals surface area contributed by atoms with Crippen molar-refractivity contribution in [1.82, 2.24) is 10.2 Å². The molecule has 2 heteroatoms. The highest BCUT2D eigenvalue weighted by atomic mass is 15.2. The Bertz CT molecular complexity index is 205. The van der Waals surface area contributed by atoms with Crippen LogP contribution in [0.2, 0.25) is 0 Å². The molecule has 0 spiro atoms. The lowest BCUT2D eigenvalue weighted by Gasteiger charge is -2.37. The quantitative estimate of drug-likeness (QED) is 0.792. The summed E-state index contributed by atoms with van der Waals surface area (Å²) in [7, 11) is 0. The minimum atomic E-state index is 0.765. The Hall–Kier alpha value is -0.0800. The summed E-state index contributed by atoms with van der Waals surface area (Å²) in [5.74, 6) is 0.963. The topological polar surface area (TPSA) is 15.3 Å². The zero-order valence-electron chi connectivity index (χ0n) is 11.8. The molecule has 2 nitrogen and oxygen atoms in total. The predicted molar refractivity (Wildman–Crippen MR) is 74.3 cm³/mol.